The fourth-order valence-electron chi connectivity index (χ4n) is 1.68. The van der Waals surface area contributed by atoms with Gasteiger partial charge in [0.15, 0.2) is 5.03 Å². The van der Waals surface area contributed by atoms with Gasteiger partial charge >= 0.3 is 5.97 Å². The molecule has 0 atom stereocenters. The minimum atomic E-state index is -3.62. The summed E-state index contributed by atoms with van der Waals surface area (Å²) < 4.78 is 25.7. The van der Waals surface area contributed by atoms with E-state index in [2.05, 4.69) is 10.3 Å². The molecule has 0 aromatic carbocycles. The lowest BCUT2D eigenvalue weighted by molar-refractivity contribution is 0.0696. The molecule has 8 heteroatoms. The molecule has 7 nitrogen and oxygen atoms in total. The molecule has 0 spiro atoms. The Balaban J connectivity index is 2.26. The summed E-state index contributed by atoms with van der Waals surface area (Å²) in [6.07, 6.45) is 1.05. The first-order valence-corrected chi connectivity index (χ1v) is 6.86. The first-order chi connectivity index (χ1) is 8.51. The number of aromatic nitrogens is 1. The van der Waals surface area contributed by atoms with Crippen molar-refractivity contribution in [2.24, 2.45) is 0 Å². The van der Waals surface area contributed by atoms with Crippen LogP contribution in [0.1, 0.15) is 10.4 Å². The Kier molecular flexibility index (Phi) is 3.60. The van der Waals surface area contributed by atoms with E-state index in [-0.39, 0.29) is 10.6 Å². The molecule has 18 heavy (non-hydrogen) atoms. The minimum Gasteiger partial charge on any atom is -0.478 e. The normalized spacial score (nSPS) is 17.6. The standard InChI is InChI=1S/C10H13N3O4S/c14-10(15)8-1-2-9(12-7-8)18(16,17)13-5-3-11-4-6-13/h1-2,7,11H,3-6H2,(H,14,15). The van der Waals surface area contributed by atoms with E-state index in [4.69, 9.17) is 5.11 Å². The second-order valence-corrected chi connectivity index (χ2v) is 5.73. The van der Waals surface area contributed by atoms with Crippen LogP contribution in [0.3, 0.4) is 0 Å². The largest absolute Gasteiger partial charge is 0.478 e. The number of carbonyl (C=O) groups is 1. The van der Waals surface area contributed by atoms with Crippen molar-refractivity contribution in [2.75, 3.05) is 26.2 Å². The van der Waals surface area contributed by atoms with Crippen LogP contribution in [-0.2, 0) is 10.0 Å². The van der Waals surface area contributed by atoms with Crippen LogP contribution in [0, 0.1) is 0 Å². The van der Waals surface area contributed by atoms with E-state index < -0.39 is 16.0 Å². The molecule has 0 aliphatic carbocycles. The molecule has 1 saturated heterocycles. The molecule has 1 aliphatic rings. The number of hydrogen-bond acceptors (Lipinski definition) is 5. The first kappa shape index (κ1) is 12.9. The van der Waals surface area contributed by atoms with Crippen molar-refractivity contribution in [1.82, 2.24) is 14.6 Å². The maximum Gasteiger partial charge on any atom is 0.337 e. The fourth-order valence-corrected chi connectivity index (χ4v) is 3.03. The zero-order chi connectivity index (χ0) is 13.2. The molecular formula is C10H13N3O4S. The lowest BCUT2D eigenvalue weighted by atomic mass is 10.3. The fraction of sp³-hybridized carbons (Fsp3) is 0.400. The van der Waals surface area contributed by atoms with Crippen molar-refractivity contribution < 1.29 is 18.3 Å². The Bertz CT molecular complexity index is 535. The molecule has 2 rings (SSSR count). The molecule has 98 valence electrons. The predicted octanol–water partition coefficient (Wildman–Crippen LogP) is -0.626. The van der Waals surface area contributed by atoms with Gasteiger partial charge < -0.3 is 10.4 Å². The van der Waals surface area contributed by atoms with E-state index in [0.717, 1.165) is 6.20 Å². The van der Waals surface area contributed by atoms with Gasteiger partial charge in [0.25, 0.3) is 10.0 Å². The Morgan fingerprint density at radius 3 is 2.50 bits per heavy atom. The molecule has 1 aromatic rings. The highest BCUT2D eigenvalue weighted by Crippen LogP contribution is 2.14. The highest BCUT2D eigenvalue weighted by atomic mass is 32.2. The van der Waals surface area contributed by atoms with Crippen LogP contribution >= 0.6 is 0 Å². The molecule has 1 aliphatic heterocycles. The van der Waals surface area contributed by atoms with Crippen LogP contribution in [0.4, 0.5) is 0 Å². The maximum absolute atomic E-state index is 12.2. The molecule has 0 bridgehead atoms. The monoisotopic (exact) mass is 271 g/mol. The van der Waals surface area contributed by atoms with Crippen LogP contribution in [0.25, 0.3) is 0 Å². The number of piperazine rings is 1. The summed E-state index contributed by atoms with van der Waals surface area (Å²) in [4.78, 5) is 14.4. The third-order valence-electron chi connectivity index (χ3n) is 2.66. The van der Waals surface area contributed by atoms with E-state index in [1.807, 2.05) is 0 Å². The molecule has 2 heterocycles. The smallest absolute Gasteiger partial charge is 0.337 e. The van der Waals surface area contributed by atoms with Crippen LogP contribution in [0.15, 0.2) is 23.4 Å². The number of sulfonamides is 1. The van der Waals surface area contributed by atoms with Gasteiger partial charge in [0.05, 0.1) is 5.56 Å². The van der Waals surface area contributed by atoms with Crippen LogP contribution in [0.5, 0.6) is 0 Å². The Morgan fingerprint density at radius 2 is 2.00 bits per heavy atom. The van der Waals surface area contributed by atoms with Crippen molar-refractivity contribution in [1.29, 1.82) is 0 Å². The summed E-state index contributed by atoms with van der Waals surface area (Å²) in [6, 6.07) is 2.46. The molecule has 0 unspecified atom stereocenters. The molecule has 1 aromatic heterocycles. The third-order valence-corrected chi connectivity index (χ3v) is 4.48. The number of hydrogen-bond donors (Lipinski definition) is 2. The lowest BCUT2D eigenvalue weighted by Gasteiger charge is -2.26. The van der Waals surface area contributed by atoms with Crippen molar-refractivity contribution >= 4 is 16.0 Å². The van der Waals surface area contributed by atoms with Gasteiger partial charge in [-0.3, -0.25) is 0 Å². The van der Waals surface area contributed by atoms with E-state index in [9.17, 15) is 13.2 Å². The van der Waals surface area contributed by atoms with E-state index in [1.165, 1.54) is 16.4 Å². The summed E-state index contributed by atoms with van der Waals surface area (Å²) in [6.45, 7) is 1.99. The average Bonchev–Trinajstić information content (AvgIpc) is 2.40. The Hall–Kier alpha value is -1.51. The van der Waals surface area contributed by atoms with Gasteiger partial charge in [0, 0.05) is 32.4 Å². The number of carboxylic acids is 1. The first-order valence-electron chi connectivity index (χ1n) is 5.42. The second-order valence-electron chi connectivity index (χ2n) is 3.84. The number of pyridine rings is 1. The summed E-state index contributed by atoms with van der Waals surface area (Å²) in [7, 11) is -3.62. The number of nitrogens with zero attached hydrogens (tertiary/aromatic N) is 2. The van der Waals surface area contributed by atoms with Crippen molar-refractivity contribution in [3.63, 3.8) is 0 Å². The summed E-state index contributed by atoms with van der Waals surface area (Å²) in [5, 5.41) is 11.7. The highest BCUT2D eigenvalue weighted by Gasteiger charge is 2.26. The number of aromatic carboxylic acids is 1. The topological polar surface area (TPSA) is 99.6 Å². The quantitative estimate of drug-likeness (QED) is 0.759. The summed E-state index contributed by atoms with van der Waals surface area (Å²) in [5.74, 6) is -1.13. The Labute approximate surface area is 104 Å². The molecule has 2 N–H and O–H groups in total. The highest BCUT2D eigenvalue weighted by molar-refractivity contribution is 7.89. The maximum atomic E-state index is 12.2. The van der Waals surface area contributed by atoms with Gasteiger partial charge in [-0.2, -0.15) is 4.31 Å². The second kappa shape index (κ2) is 5.01. The van der Waals surface area contributed by atoms with Gasteiger partial charge in [-0.25, -0.2) is 18.2 Å². The van der Waals surface area contributed by atoms with E-state index in [1.54, 1.807) is 0 Å². The van der Waals surface area contributed by atoms with Gasteiger partial charge in [-0.1, -0.05) is 0 Å². The van der Waals surface area contributed by atoms with Gasteiger partial charge in [0.1, 0.15) is 0 Å². The predicted molar refractivity (Wildman–Crippen MR) is 62.8 cm³/mol. The van der Waals surface area contributed by atoms with E-state index in [0.29, 0.717) is 26.2 Å². The van der Waals surface area contributed by atoms with E-state index >= 15 is 0 Å². The number of rotatable bonds is 3. The summed E-state index contributed by atoms with van der Waals surface area (Å²) in [5.41, 5.74) is -0.0331. The summed E-state index contributed by atoms with van der Waals surface area (Å²) >= 11 is 0. The SMILES string of the molecule is O=C(O)c1ccc(S(=O)(=O)N2CCNCC2)nc1. The molecule has 0 amide bonds. The Morgan fingerprint density at radius 1 is 1.33 bits per heavy atom. The van der Waals surface area contributed by atoms with Gasteiger partial charge in [0.2, 0.25) is 0 Å². The minimum absolute atomic E-state index is 0.0331. The molecular weight excluding hydrogens is 258 g/mol. The molecule has 0 saturated carbocycles. The third kappa shape index (κ3) is 2.50. The van der Waals surface area contributed by atoms with Crippen LogP contribution in [0.2, 0.25) is 0 Å². The molecule has 0 radical (unpaired) electrons. The van der Waals surface area contributed by atoms with Crippen LogP contribution < -0.4 is 5.32 Å². The van der Waals surface area contributed by atoms with Gasteiger partial charge in [-0.15, -0.1) is 0 Å². The zero-order valence-electron chi connectivity index (χ0n) is 9.54. The lowest BCUT2D eigenvalue weighted by Crippen LogP contribution is -2.46. The van der Waals surface area contributed by atoms with Crippen molar-refractivity contribution in [3.05, 3.63) is 23.9 Å². The number of nitrogens with one attached hydrogen (secondary N) is 1. The van der Waals surface area contributed by atoms with Gasteiger partial charge in [-0.05, 0) is 12.1 Å². The van der Waals surface area contributed by atoms with Crippen LogP contribution in [-0.4, -0.2) is 55.0 Å². The molecule has 1 fully saturated rings. The number of carboxylic acid groups (broad SMARTS) is 1. The zero-order valence-corrected chi connectivity index (χ0v) is 10.4. The average molecular weight is 271 g/mol. The van der Waals surface area contributed by atoms with Crippen molar-refractivity contribution in [2.45, 2.75) is 5.03 Å². The van der Waals surface area contributed by atoms with Crippen molar-refractivity contribution in [3.8, 4) is 0 Å².